The van der Waals surface area contributed by atoms with Crippen LogP contribution >= 0.6 is 0 Å². The Morgan fingerprint density at radius 1 is 0.800 bits per heavy atom. The molecule has 0 atom stereocenters. The quantitative estimate of drug-likeness (QED) is 0.678. The zero-order valence-electron chi connectivity index (χ0n) is 11.2. The Kier molecular flexibility index (Phi) is 8.17. The van der Waals surface area contributed by atoms with Gasteiger partial charge in [-0.05, 0) is 17.2 Å². The highest BCUT2D eigenvalue weighted by Crippen LogP contribution is 2.00. The van der Waals surface area contributed by atoms with Gasteiger partial charge in [-0.1, -0.05) is 78.9 Å². The van der Waals surface area contributed by atoms with Crippen LogP contribution in [0.3, 0.4) is 0 Å². The summed E-state index contributed by atoms with van der Waals surface area (Å²) < 4.78 is 0. The molecule has 20 heavy (non-hydrogen) atoms. The first-order valence-corrected chi connectivity index (χ1v) is 6.36. The first-order chi connectivity index (χ1) is 9.86. The number of aldehydes is 1. The summed E-state index contributed by atoms with van der Waals surface area (Å²) in [5.74, 6) is 0. The molecule has 0 radical (unpaired) electrons. The number of benzene rings is 2. The lowest BCUT2D eigenvalue weighted by atomic mass is 10.2. The van der Waals surface area contributed by atoms with Gasteiger partial charge in [0.1, 0.15) is 6.29 Å². The van der Waals surface area contributed by atoms with Crippen molar-refractivity contribution in [2.75, 3.05) is 6.61 Å². The monoisotopic (exact) mass is 266 g/mol. The molecule has 0 aliphatic carbocycles. The summed E-state index contributed by atoms with van der Waals surface area (Å²) in [6.45, 7) is 0.106. The van der Waals surface area contributed by atoms with Crippen LogP contribution in [0.5, 0.6) is 0 Å². The highest BCUT2D eigenvalue weighted by atomic mass is 16.2. The molecule has 0 spiro atoms. The van der Waals surface area contributed by atoms with E-state index in [4.69, 9.17) is 5.11 Å². The van der Waals surface area contributed by atoms with Crippen LogP contribution in [0.4, 0.5) is 0 Å². The van der Waals surface area contributed by atoms with E-state index in [-0.39, 0.29) is 6.61 Å². The number of carbonyl (C=O) groups is 1. The zero-order chi connectivity index (χ0) is 14.5. The second-order valence-corrected chi connectivity index (χ2v) is 3.90. The third kappa shape index (κ3) is 7.09. The van der Waals surface area contributed by atoms with E-state index >= 15 is 0 Å². The second-order valence-electron chi connectivity index (χ2n) is 3.90. The Bertz CT molecular complexity index is 528. The van der Waals surface area contributed by atoms with Crippen LogP contribution in [-0.4, -0.2) is 18.0 Å². The largest absolute Gasteiger partial charge is 0.392 e. The summed E-state index contributed by atoms with van der Waals surface area (Å²) in [4.78, 5) is 9.89. The fourth-order valence-corrected chi connectivity index (χ4v) is 1.47. The summed E-state index contributed by atoms with van der Waals surface area (Å²) in [5, 5.41) is 8.44. The Labute approximate surface area is 119 Å². The van der Waals surface area contributed by atoms with Gasteiger partial charge in [0.25, 0.3) is 0 Å². The van der Waals surface area contributed by atoms with Gasteiger partial charge in [-0.15, -0.1) is 0 Å². The number of hydrogen-bond acceptors (Lipinski definition) is 2. The minimum absolute atomic E-state index is 0.106. The van der Waals surface area contributed by atoms with Crippen molar-refractivity contribution in [3.8, 4) is 0 Å². The molecule has 0 saturated carbocycles. The van der Waals surface area contributed by atoms with Crippen molar-refractivity contribution >= 4 is 18.4 Å². The van der Waals surface area contributed by atoms with Gasteiger partial charge in [0, 0.05) is 0 Å². The molecule has 1 N–H and O–H groups in total. The van der Waals surface area contributed by atoms with E-state index in [9.17, 15) is 4.79 Å². The van der Waals surface area contributed by atoms with E-state index in [1.165, 1.54) is 6.08 Å². The molecular weight excluding hydrogens is 248 g/mol. The number of aliphatic hydroxyl groups is 1. The Balaban J connectivity index is 0.000000200. The first-order valence-electron chi connectivity index (χ1n) is 6.36. The van der Waals surface area contributed by atoms with E-state index in [2.05, 4.69) is 0 Å². The highest BCUT2D eigenvalue weighted by Gasteiger charge is 1.80. The molecule has 2 aromatic rings. The summed E-state index contributed by atoms with van der Waals surface area (Å²) in [7, 11) is 0. The highest BCUT2D eigenvalue weighted by molar-refractivity contribution is 5.73. The average molecular weight is 266 g/mol. The molecule has 102 valence electrons. The van der Waals surface area contributed by atoms with Crippen LogP contribution in [0.15, 0.2) is 72.8 Å². The first kappa shape index (κ1) is 15.6. The lowest BCUT2D eigenvalue weighted by Crippen LogP contribution is -1.72. The van der Waals surface area contributed by atoms with Crippen molar-refractivity contribution in [3.63, 3.8) is 0 Å². The van der Waals surface area contributed by atoms with E-state index in [0.29, 0.717) is 0 Å². The van der Waals surface area contributed by atoms with Gasteiger partial charge in [-0.3, -0.25) is 4.79 Å². The van der Waals surface area contributed by atoms with Crippen LogP contribution in [0, 0.1) is 0 Å². The fourth-order valence-electron chi connectivity index (χ4n) is 1.47. The van der Waals surface area contributed by atoms with Gasteiger partial charge < -0.3 is 5.11 Å². The molecular formula is C18H18O2. The van der Waals surface area contributed by atoms with Crippen LogP contribution in [-0.2, 0) is 4.79 Å². The maximum atomic E-state index is 9.89. The summed E-state index contributed by atoms with van der Waals surface area (Å²) >= 11 is 0. The van der Waals surface area contributed by atoms with Crippen molar-refractivity contribution in [1.29, 1.82) is 0 Å². The minimum Gasteiger partial charge on any atom is -0.392 e. The maximum absolute atomic E-state index is 9.89. The molecule has 0 aliphatic rings. The normalized spacial score (nSPS) is 10.2. The molecule has 0 aliphatic heterocycles. The molecule has 2 heteroatoms. The number of allylic oxidation sites excluding steroid dienone is 1. The van der Waals surface area contributed by atoms with Crippen molar-refractivity contribution in [3.05, 3.63) is 83.9 Å². The van der Waals surface area contributed by atoms with Gasteiger partial charge >= 0.3 is 0 Å². The predicted octanol–water partition coefficient (Wildman–Crippen LogP) is 3.59. The van der Waals surface area contributed by atoms with E-state index in [1.54, 1.807) is 12.2 Å². The summed E-state index contributed by atoms with van der Waals surface area (Å²) in [6, 6.07) is 19.6. The number of hydrogen-bond donors (Lipinski definition) is 1. The third-order valence-electron chi connectivity index (χ3n) is 2.38. The smallest absolute Gasteiger partial charge is 0.142 e. The third-order valence-corrected chi connectivity index (χ3v) is 2.38. The SMILES string of the molecule is O=CC=Cc1ccccc1.OCC=Cc1ccccc1. The van der Waals surface area contributed by atoms with Crippen LogP contribution in [0.2, 0.25) is 0 Å². The number of carbonyl (C=O) groups excluding carboxylic acids is 1. The van der Waals surface area contributed by atoms with Gasteiger partial charge in [-0.25, -0.2) is 0 Å². The van der Waals surface area contributed by atoms with Crippen LogP contribution in [0.25, 0.3) is 12.2 Å². The van der Waals surface area contributed by atoms with Gasteiger partial charge in [0.15, 0.2) is 0 Å². The molecule has 2 nitrogen and oxygen atoms in total. The molecule has 0 heterocycles. The molecule has 0 unspecified atom stereocenters. The number of aliphatic hydroxyl groups excluding tert-OH is 1. The number of rotatable bonds is 4. The Hall–Kier alpha value is -2.45. The van der Waals surface area contributed by atoms with E-state index < -0.39 is 0 Å². The molecule has 2 aromatic carbocycles. The lowest BCUT2D eigenvalue weighted by Gasteiger charge is -1.88. The van der Waals surface area contributed by atoms with Gasteiger partial charge in [0.05, 0.1) is 6.61 Å². The van der Waals surface area contributed by atoms with E-state index in [1.807, 2.05) is 66.7 Å². The van der Waals surface area contributed by atoms with Crippen molar-refractivity contribution in [1.82, 2.24) is 0 Å². The van der Waals surface area contributed by atoms with Crippen molar-refractivity contribution in [2.24, 2.45) is 0 Å². The Morgan fingerprint density at radius 2 is 1.30 bits per heavy atom. The summed E-state index contributed by atoms with van der Waals surface area (Å²) in [6.07, 6.45) is 7.63. The standard InChI is InChI=1S/C9H10O.C9H8O/c2*10-8-4-7-9-5-2-1-3-6-9/h1-7,10H,8H2;1-8H. The summed E-state index contributed by atoms with van der Waals surface area (Å²) in [5.41, 5.74) is 2.17. The maximum Gasteiger partial charge on any atom is 0.142 e. The van der Waals surface area contributed by atoms with Gasteiger partial charge in [0.2, 0.25) is 0 Å². The zero-order valence-corrected chi connectivity index (χ0v) is 11.2. The predicted molar refractivity (Wildman–Crippen MR) is 84.1 cm³/mol. The van der Waals surface area contributed by atoms with E-state index in [0.717, 1.165) is 17.4 Å². The van der Waals surface area contributed by atoms with Gasteiger partial charge in [-0.2, -0.15) is 0 Å². The molecule has 0 bridgehead atoms. The molecule has 0 fully saturated rings. The van der Waals surface area contributed by atoms with Crippen LogP contribution in [0.1, 0.15) is 11.1 Å². The van der Waals surface area contributed by atoms with Crippen molar-refractivity contribution < 1.29 is 9.90 Å². The fraction of sp³-hybridized carbons (Fsp3) is 0.0556. The molecule has 2 rings (SSSR count). The lowest BCUT2D eigenvalue weighted by molar-refractivity contribution is -0.104. The second kappa shape index (κ2) is 10.5. The topological polar surface area (TPSA) is 37.3 Å². The molecule has 0 saturated heterocycles. The average Bonchev–Trinajstić information content (AvgIpc) is 2.53. The van der Waals surface area contributed by atoms with Crippen LogP contribution < -0.4 is 0 Å². The minimum atomic E-state index is 0.106. The molecule has 0 aromatic heterocycles. The Morgan fingerprint density at radius 3 is 1.75 bits per heavy atom. The van der Waals surface area contributed by atoms with Crippen molar-refractivity contribution in [2.45, 2.75) is 0 Å². The molecule has 0 amide bonds.